The number of pyridine rings is 1. The van der Waals surface area contributed by atoms with Gasteiger partial charge in [-0.25, -0.2) is 4.98 Å². The maximum absolute atomic E-state index is 13.0. The van der Waals surface area contributed by atoms with Gasteiger partial charge in [0, 0.05) is 25.6 Å². The summed E-state index contributed by atoms with van der Waals surface area (Å²) >= 11 is 0. The fourth-order valence-electron chi connectivity index (χ4n) is 3.50. The highest BCUT2D eigenvalue weighted by atomic mass is 16.6. The van der Waals surface area contributed by atoms with Gasteiger partial charge >= 0.3 is 11.9 Å². The van der Waals surface area contributed by atoms with Gasteiger partial charge in [0.2, 0.25) is 5.75 Å². The lowest BCUT2D eigenvalue weighted by Gasteiger charge is -2.26. The second-order valence-corrected chi connectivity index (χ2v) is 8.55. The maximum atomic E-state index is 13.0. The Bertz CT molecular complexity index is 1220. The number of hydrogen-bond acceptors (Lipinski definition) is 9. The van der Waals surface area contributed by atoms with Gasteiger partial charge in [-0.15, -0.1) is 0 Å². The molecule has 3 rings (SSSR count). The Labute approximate surface area is 221 Å². The lowest BCUT2D eigenvalue weighted by Crippen LogP contribution is -2.39. The zero-order chi connectivity index (χ0) is 27.5. The monoisotopic (exact) mass is 521 g/mol. The number of Topliss-reactive ketones (excluding diaryl/α,β-unsaturated/α-hetero) is 1. The van der Waals surface area contributed by atoms with Crippen molar-refractivity contribution < 1.29 is 38.1 Å². The first-order valence-corrected chi connectivity index (χ1v) is 12.1. The molecule has 0 N–H and O–H groups in total. The molecule has 1 heterocycles. The van der Waals surface area contributed by atoms with Crippen molar-refractivity contribution in [1.82, 2.24) is 4.98 Å². The molecule has 0 radical (unpaired) electrons. The number of nitrogens with zero attached hydrogens (tertiary/aromatic N) is 1. The molecular formula is C29H31NO8. The van der Waals surface area contributed by atoms with E-state index in [1.54, 1.807) is 26.0 Å². The van der Waals surface area contributed by atoms with Crippen molar-refractivity contribution in [1.29, 1.82) is 0 Å². The van der Waals surface area contributed by atoms with Crippen molar-refractivity contribution in [2.24, 2.45) is 5.92 Å². The van der Waals surface area contributed by atoms with E-state index in [9.17, 15) is 14.4 Å². The van der Waals surface area contributed by atoms with Crippen molar-refractivity contribution in [3.05, 3.63) is 78.6 Å². The van der Waals surface area contributed by atoms with Gasteiger partial charge in [0.1, 0.15) is 24.2 Å². The maximum Gasteiger partial charge on any atom is 0.309 e. The molecule has 0 aliphatic rings. The van der Waals surface area contributed by atoms with Crippen molar-refractivity contribution in [2.75, 3.05) is 13.7 Å². The molecule has 3 atom stereocenters. The quantitative estimate of drug-likeness (QED) is 0.234. The minimum Gasteiger partial charge on any atom is -0.493 e. The average molecular weight is 522 g/mol. The smallest absolute Gasteiger partial charge is 0.309 e. The average Bonchev–Trinajstić information content (AvgIpc) is 2.91. The molecule has 0 saturated heterocycles. The van der Waals surface area contributed by atoms with Crippen LogP contribution in [0.1, 0.15) is 37.7 Å². The van der Waals surface area contributed by atoms with Gasteiger partial charge in [-0.1, -0.05) is 43.3 Å². The van der Waals surface area contributed by atoms with E-state index in [0.717, 1.165) is 0 Å². The molecule has 0 aliphatic carbocycles. The largest absolute Gasteiger partial charge is 0.493 e. The van der Waals surface area contributed by atoms with Crippen molar-refractivity contribution in [3.63, 3.8) is 0 Å². The molecule has 0 fully saturated rings. The molecule has 0 unspecified atom stereocenters. The van der Waals surface area contributed by atoms with Crippen LogP contribution in [0.5, 0.6) is 23.0 Å². The topological polar surface area (TPSA) is 110 Å². The lowest BCUT2D eigenvalue weighted by atomic mass is 10.0. The van der Waals surface area contributed by atoms with Crippen molar-refractivity contribution in [3.8, 4) is 23.0 Å². The van der Waals surface area contributed by atoms with Gasteiger partial charge in [-0.05, 0) is 31.2 Å². The Hall–Kier alpha value is -4.40. The number of esters is 2. The van der Waals surface area contributed by atoms with Crippen LogP contribution in [0.15, 0.2) is 72.9 Å². The SMILES string of the molecule is COc1ccnc(C(=O)C[C@@H](C)C(=O)O[C@@H](C)[C@@H](COc2ccccc2)Oc2ccccc2)c1OC(C)=O. The Kier molecular flexibility index (Phi) is 10.2. The van der Waals surface area contributed by atoms with Crippen LogP contribution in [0.25, 0.3) is 0 Å². The molecule has 1 aromatic heterocycles. The number of aromatic nitrogens is 1. The van der Waals surface area contributed by atoms with Gasteiger partial charge in [-0.3, -0.25) is 14.4 Å². The first-order chi connectivity index (χ1) is 18.3. The van der Waals surface area contributed by atoms with Crippen LogP contribution in [-0.4, -0.2) is 48.6 Å². The van der Waals surface area contributed by atoms with Crippen molar-refractivity contribution in [2.45, 2.75) is 39.4 Å². The van der Waals surface area contributed by atoms with E-state index in [1.807, 2.05) is 48.5 Å². The molecule has 0 spiro atoms. The summed E-state index contributed by atoms with van der Waals surface area (Å²) in [7, 11) is 1.38. The highest BCUT2D eigenvalue weighted by molar-refractivity contribution is 5.99. The summed E-state index contributed by atoms with van der Waals surface area (Å²) in [5, 5.41) is 0. The third-order valence-corrected chi connectivity index (χ3v) is 5.51. The molecule has 0 aliphatic heterocycles. The zero-order valence-corrected chi connectivity index (χ0v) is 21.8. The molecule has 3 aromatic rings. The third kappa shape index (κ3) is 8.06. The molecule has 38 heavy (non-hydrogen) atoms. The number of hydrogen-bond donors (Lipinski definition) is 0. The summed E-state index contributed by atoms with van der Waals surface area (Å²) < 4.78 is 27.9. The van der Waals surface area contributed by atoms with Crippen molar-refractivity contribution >= 4 is 17.7 Å². The van der Waals surface area contributed by atoms with E-state index in [2.05, 4.69) is 4.98 Å². The third-order valence-electron chi connectivity index (χ3n) is 5.51. The van der Waals surface area contributed by atoms with Gasteiger partial charge in [0.25, 0.3) is 0 Å². The summed E-state index contributed by atoms with van der Waals surface area (Å²) in [6, 6.07) is 19.9. The first kappa shape index (κ1) is 28.2. The molecule has 9 heteroatoms. The Morgan fingerprint density at radius 3 is 2.13 bits per heavy atom. The Morgan fingerprint density at radius 1 is 0.895 bits per heavy atom. The van der Waals surface area contributed by atoms with Crippen LogP contribution in [0.4, 0.5) is 0 Å². The molecule has 9 nitrogen and oxygen atoms in total. The lowest BCUT2D eigenvalue weighted by molar-refractivity contribution is -0.157. The number of ketones is 1. The first-order valence-electron chi connectivity index (χ1n) is 12.1. The number of ether oxygens (including phenoxy) is 5. The van der Waals surface area contributed by atoms with E-state index in [1.165, 1.54) is 26.3 Å². The second-order valence-electron chi connectivity index (χ2n) is 8.55. The number of rotatable bonds is 13. The highest BCUT2D eigenvalue weighted by Gasteiger charge is 2.29. The Balaban J connectivity index is 1.67. The van der Waals surface area contributed by atoms with E-state index >= 15 is 0 Å². The Morgan fingerprint density at radius 2 is 1.53 bits per heavy atom. The second kappa shape index (κ2) is 13.8. The summed E-state index contributed by atoms with van der Waals surface area (Å²) in [6.07, 6.45) is -0.178. The van der Waals surface area contributed by atoms with Crippen LogP contribution in [0.2, 0.25) is 0 Å². The van der Waals surface area contributed by atoms with Crippen LogP contribution in [-0.2, 0) is 14.3 Å². The number of methoxy groups -OCH3 is 1. The number of carbonyl (C=O) groups excluding carboxylic acids is 3. The fourth-order valence-corrected chi connectivity index (χ4v) is 3.50. The summed E-state index contributed by atoms with van der Waals surface area (Å²) in [5.74, 6) is -1.18. The zero-order valence-electron chi connectivity index (χ0n) is 21.8. The van der Waals surface area contributed by atoms with Gasteiger partial charge < -0.3 is 23.7 Å². The number of carbonyl (C=O) groups is 3. The molecule has 200 valence electrons. The highest BCUT2D eigenvalue weighted by Crippen LogP contribution is 2.31. The van der Waals surface area contributed by atoms with E-state index < -0.39 is 35.8 Å². The van der Waals surface area contributed by atoms with Crippen LogP contribution < -0.4 is 18.9 Å². The van der Waals surface area contributed by atoms with Gasteiger partial charge in [0.05, 0.1) is 13.0 Å². The standard InChI is InChI=1S/C29H31NO8/c1-19(17-24(32)27-28(37-21(3)31)25(34-4)15-16-30-27)29(33)36-20(2)26(38-23-13-9-6-10-14-23)18-35-22-11-7-5-8-12-22/h5-16,19-20,26H,17-18H2,1-4H3/t19-,20+,26-/m1/s1. The predicted molar refractivity (Wildman–Crippen MR) is 139 cm³/mol. The minimum atomic E-state index is -0.810. The molecule has 0 amide bonds. The van der Waals surface area contributed by atoms with Gasteiger partial charge in [-0.2, -0.15) is 0 Å². The molecule has 2 aromatic carbocycles. The summed E-state index contributed by atoms with van der Waals surface area (Å²) in [5.41, 5.74) is -0.103. The molecule has 0 saturated carbocycles. The summed E-state index contributed by atoms with van der Waals surface area (Å²) in [6.45, 7) is 4.61. The summed E-state index contributed by atoms with van der Waals surface area (Å²) in [4.78, 5) is 41.5. The van der Waals surface area contributed by atoms with Crippen LogP contribution in [0.3, 0.4) is 0 Å². The number of para-hydroxylation sites is 2. The predicted octanol–water partition coefficient (Wildman–Crippen LogP) is 4.68. The normalized spacial score (nSPS) is 12.9. The van der Waals surface area contributed by atoms with E-state index in [-0.39, 0.29) is 30.2 Å². The fraction of sp³-hybridized carbons (Fsp3) is 0.310. The van der Waals surface area contributed by atoms with Crippen LogP contribution >= 0.6 is 0 Å². The molecule has 0 bridgehead atoms. The van der Waals surface area contributed by atoms with Crippen LogP contribution in [0, 0.1) is 5.92 Å². The van der Waals surface area contributed by atoms with E-state index in [4.69, 9.17) is 23.7 Å². The number of benzene rings is 2. The minimum absolute atomic E-state index is 0.0872. The van der Waals surface area contributed by atoms with Gasteiger partial charge in [0.15, 0.2) is 23.3 Å². The van der Waals surface area contributed by atoms with E-state index in [0.29, 0.717) is 11.5 Å². The molecular weight excluding hydrogens is 490 g/mol.